The van der Waals surface area contributed by atoms with Gasteiger partial charge in [-0.05, 0) is 39.7 Å². The number of piperidine rings is 1. The van der Waals surface area contributed by atoms with Gasteiger partial charge in [-0.2, -0.15) is 0 Å². The highest BCUT2D eigenvalue weighted by Gasteiger charge is 2.28. The molecule has 1 aromatic rings. The van der Waals surface area contributed by atoms with Gasteiger partial charge in [0.05, 0.1) is 0 Å². The van der Waals surface area contributed by atoms with Gasteiger partial charge >= 0.3 is 6.09 Å². The predicted octanol–water partition coefficient (Wildman–Crippen LogP) is 2.59. The first-order chi connectivity index (χ1) is 8.96. The Morgan fingerprint density at radius 2 is 2.26 bits per heavy atom. The second-order valence-electron chi connectivity index (χ2n) is 5.90. The van der Waals surface area contributed by atoms with Gasteiger partial charge < -0.3 is 9.64 Å². The van der Waals surface area contributed by atoms with Gasteiger partial charge in [0.2, 0.25) is 0 Å². The molecule has 0 unspecified atom stereocenters. The topological polar surface area (TPSA) is 55.3 Å². The average Bonchev–Trinajstić information content (AvgIpc) is 2.38. The van der Waals surface area contributed by atoms with Crippen LogP contribution >= 0.6 is 0 Å². The van der Waals surface area contributed by atoms with Crippen molar-refractivity contribution >= 4 is 6.09 Å². The molecule has 0 spiro atoms. The fourth-order valence-corrected chi connectivity index (χ4v) is 2.25. The van der Waals surface area contributed by atoms with E-state index in [1.807, 2.05) is 26.8 Å². The number of hydrogen-bond donors (Lipinski definition) is 0. The molecule has 1 fully saturated rings. The molecule has 1 aromatic heterocycles. The van der Waals surface area contributed by atoms with Gasteiger partial charge in [0.25, 0.3) is 0 Å². The van der Waals surface area contributed by atoms with Crippen molar-refractivity contribution in [2.75, 3.05) is 13.1 Å². The molecule has 0 N–H and O–H groups in total. The second-order valence-corrected chi connectivity index (χ2v) is 5.90. The molecule has 0 saturated carbocycles. The van der Waals surface area contributed by atoms with E-state index in [1.165, 1.54) is 0 Å². The normalized spacial score (nSPS) is 20.2. The van der Waals surface area contributed by atoms with E-state index in [1.54, 1.807) is 17.4 Å². The zero-order chi connectivity index (χ0) is 13.9. The molecule has 0 aliphatic carbocycles. The largest absolute Gasteiger partial charge is 0.444 e. The maximum Gasteiger partial charge on any atom is 0.410 e. The summed E-state index contributed by atoms with van der Waals surface area (Å²) in [5.74, 6) is 0.282. The van der Waals surface area contributed by atoms with Crippen molar-refractivity contribution in [3.05, 3.63) is 24.3 Å². The molecule has 1 aliphatic heterocycles. The van der Waals surface area contributed by atoms with Crippen LogP contribution in [0.4, 0.5) is 4.79 Å². The van der Waals surface area contributed by atoms with Crippen LogP contribution in [0.25, 0.3) is 0 Å². The monoisotopic (exact) mass is 263 g/mol. The number of carbonyl (C=O) groups excluding carboxylic acids is 1. The first-order valence-electron chi connectivity index (χ1n) is 6.69. The third kappa shape index (κ3) is 3.91. The summed E-state index contributed by atoms with van der Waals surface area (Å²) in [5, 5.41) is 0. The Labute approximate surface area is 114 Å². The van der Waals surface area contributed by atoms with E-state index in [0.717, 1.165) is 25.1 Å². The molecule has 0 bridgehead atoms. The molecule has 5 heteroatoms. The van der Waals surface area contributed by atoms with Crippen molar-refractivity contribution in [2.24, 2.45) is 0 Å². The van der Waals surface area contributed by atoms with Crippen LogP contribution in [0.3, 0.4) is 0 Å². The van der Waals surface area contributed by atoms with Gasteiger partial charge in [-0.1, -0.05) is 0 Å². The predicted molar refractivity (Wildman–Crippen MR) is 71.8 cm³/mol. The number of nitrogens with zero attached hydrogens (tertiary/aromatic N) is 3. The summed E-state index contributed by atoms with van der Waals surface area (Å²) < 4.78 is 5.42. The van der Waals surface area contributed by atoms with Crippen molar-refractivity contribution < 1.29 is 9.53 Å². The molecule has 0 radical (unpaired) electrons. The number of hydrogen-bond acceptors (Lipinski definition) is 4. The van der Waals surface area contributed by atoms with E-state index in [4.69, 9.17) is 4.74 Å². The fourth-order valence-electron chi connectivity index (χ4n) is 2.25. The van der Waals surface area contributed by atoms with Gasteiger partial charge in [-0.25, -0.2) is 14.8 Å². The van der Waals surface area contributed by atoms with Crippen molar-refractivity contribution in [1.29, 1.82) is 0 Å². The van der Waals surface area contributed by atoms with Gasteiger partial charge in [0.15, 0.2) is 0 Å². The molecular formula is C14H21N3O2. The Hall–Kier alpha value is -1.65. The Morgan fingerprint density at radius 1 is 1.47 bits per heavy atom. The molecule has 2 rings (SSSR count). The fraction of sp³-hybridized carbons (Fsp3) is 0.643. The Bertz CT molecular complexity index is 428. The van der Waals surface area contributed by atoms with E-state index in [0.29, 0.717) is 6.54 Å². The maximum absolute atomic E-state index is 12.1. The summed E-state index contributed by atoms with van der Waals surface area (Å²) >= 11 is 0. The standard InChI is InChI=1S/C14H21N3O2/c1-14(2,3)19-13(18)17-8-4-5-11(9-17)12-6-7-15-10-16-12/h6-7,10-11H,4-5,8-9H2,1-3H3/t11-/m1/s1. The number of likely N-dealkylation sites (tertiary alicyclic amines) is 1. The summed E-state index contributed by atoms with van der Waals surface area (Å²) in [6.07, 6.45) is 5.10. The molecule has 2 heterocycles. The number of aromatic nitrogens is 2. The zero-order valence-electron chi connectivity index (χ0n) is 11.8. The van der Waals surface area contributed by atoms with Crippen molar-refractivity contribution in [3.63, 3.8) is 0 Å². The van der Waals surface area contributed by atoms with Crippen molar-refractivity contribution in [2.45, 2.75) is 45.1 Å². The van der Waals surface area contributed by atoms with E-state index in [-0.39, 0.29) is 12.0 Å². The lowest BCUT2D eigenvalue weighted by molar-refractivity contribution is 0.0197. The number of amides is 1. The SMILES string of the molecule is CC(C)(C)OC(=O)N1CCC[C@@H](c2ccncn2)C1. The molecular weight excluding hydrogens is 242 g/mol. The maximum atomic E-state index is 12.1. The average molecular weight is 263 g/mol. The van der Waals surface area contributed by atoms with Crippen LogP contribution in [0.15, 0.2) is 18.6 Å². The van der Waals surface area contributed by atoms with E-state index in [9.17, 15) is 4.79 Å². The Kier molecular flexibility index (Phi) is 4.02. The lowest BCUT2D eigenvalue weighted by Gasteiger charge is -2.33. The minimum Gasteiger partial charge on any atom is -0.444 e. The van der Waals surface area contributed by atoms with Gasteiger partial charge in [0.1, 0.15) is 11.9 Å². The Balaban J connectivity index is 2.00. The quantitative estimate of drug-likeness (QED) is 0.781. The van der Waals surface area contributed by atoms with Crippen molar-refractivity contribution in [3.8, 4) is 0 Å². The second kappa shape index (κ2) is 5.55. The van der Waals surface area contributed by atoms with Crippen LogP contribution in [0.2, 0.25) is 0 Å². The molecule has 1 aliphatic rings. The summed E-state index contributed by atoms with van der Waals surface area (Å²) in [7, 11) is 0. The first kappa shape index (κ1) is 13.8. The third-order valence-corrected chi connectivity index (χ3v) is 3.10. The van der Waals surface area contributed by atoms with Crippen LogP contribution in [0, 0.1) is 0 Å². The van der Waals surface area contributed by atoms with Gasteiger partial charge in [-0.15, -0.1) is 0 Å². The molecule has 19 heavy (non-hydrogen) atoms. The van der Waals surface area contributed by atoms with E-state index >= 15 is 0 Å². The number of rotatable bonds is 1. The minimum atomic E-state index is -0.445. The lowest BCUT2D eigenvalue weighted by atomic mass is 9.95. The highest BCUT2D eigenvalue weighted by atomic mass is 16.6. The third-order valence-electron chi connectivity index (χ3n) is 3.10. The van der Waals surface area contributed by atoms with E-state index < -0.39 is 5.60 Å². The summed E-state index contributed by atoms with van der Waals surface area (Å²) in [6, 6.07) is 1.92. The highest BCUT2D eigenvalue weighted by molar-refractivity contribution is 5.68. The van der Waals surface area contributed by atoms with Gasteiger partial charge in [-0.3, -0.25) is 0 Å². The molecule has 0 aromatic carbocycles. The zero-order valence-corrected chi connectivity index (χ0v) is 11.8. The first-order valence-corrected chi connectivity index (χ1v) is 6.69. The molecule has 1 atom stereocenters. The van der Waals surface area contributed by atoms with Crippen LogP contribution in [-0.4, -0.2) is 39.7 Å². The molecule has 104 valence electrons. The summed E-state index contributed by atoms with van der Waals surface area (Å²) in [6.45, 7) is 7.09. The summed E-state index contributed by atoms with van der Waals surface area (Å²) in [5.41, 5.74) is 0.558. The van der Waals surface area contributed by atoms with Crippen LogP contribution in [0.5, 0.6) is 0 Å². The van der Waals surface area contributed by atoms with E-state index in [2.05, 4.69) is 9.97 Å². The number of carbonyl (C=O) groups is 1. The van der Waals surface area contributed by atoms with Crippen LogP contribution in [-0.2, 0) is 4.74 Å². The van der Waals surface area contributed by atoms with Crippen LogP contribution in [0.1, 0.15) is 45.2 Å². The highest BCUT2D eigenvalue weighted by Crippen LogP contribution is 2.26. The minimum absolute atomic E-state index is 0.230. The lowest BCUT2D eigenvalue weighted by Crippen LogP contribution is -2.42. The van der Waals surface area contributed by atoms with Gasteiger partial charge in [0, 0.05) is 30.9 Å². The molecule has 1 amide bonds. The van der Waals surface area contributed by atoms with Crippen molar-refractivity contribution in [1.82, 2.24) is 14.9 Å². The summed E-state index contributed by atoms with van der Waals surface area (Å²) in [4.78, 5) is 22.0. The van der Waals surface area contributed by atoms with Crippen LogP contribution < -0.4 is 0 Å². The Morgan fingerprint density at radius 3 is 2.89 bits per heavy atom. The molecule has 1 saturated heterocycles. The smallest absolute Gasteiger partial charge is 0.410 e. The molecule has 5 nitrogen and oxygen atoms in total. The number of ether oxygens (including phenoxy) is 1.